The quantitative estimate of drug-likeness (QED) is 0.441. The second-order valence-corrected chi connectivity index (χ2v) is 2.27. The van der Waals surface area contributed by atoms with E-state index in [1.165, 1.54) is 12.8 Å². The summed E-state index contributed by atoms with van der Waals surface area (Å²) in [5.74, 6) is 0. The van der Waals surface area contributed by atoms with Crippen molar-refractivity contribution in [2.75, 3.05) is 7.05 Å². The molecule has 1 saturated heterocycles. The Labute approximate surface area is 45.3 Å². The molecule has 0 aliphatic carbocycles. The van der Waals surface area contributed by atoms with Crippen molar-refractivity contribution in [3.8, 4) is 0 Å². The Morgan fingerprint density at radius 3 is 2.57 bits per heavy atom. The van der Waals surface area contributed by atoms with Crippen LogP contribution in [0.2, 0.25) is 0 Å². The normalized spacial score (nSPS) is 34.3. The summed E-state index contributed by atoms with van der Waals surface area (Å²) in [6.07, 6.45) is 2.62. The Kier molecular flexibility index (Phi) is 1.33. The maximum absolute atomic E-state index is 2.28. The van der Waals surface area contributed by atoms with Crippen molar-refractivity contribution < 1.29 is 0 Å². The molecule has 0 saturated carbocycles. The highest BCUT2D eigenvalue weighted by Gasteiger charge is 2.14. The SMILES string of the molecule is CC1CC[CH]N1C. The van der Waals surface area contributed by atoms with Crippen LogP contribution in [0.4, 0.5) is 0 Å². The van der Waals surface area contributed by atoms with Gasteiger partial charge in [0.15, 0.2) is 0 Å². The van der Waals surface area contributed by atoms with Gasteiger partial charge in [-0.15, -0.1) is 0 Å². The Hall–Kier alpha value is -0.0400. The van der Waals surface area contributed by atoms with Gasteiger partial charge in [-0.1, -0.05) is 0 Å². The van der Waals surface area contributed by atoms with E-state index in [0.717, 1.165) is 6.04 Å². The maximum atomic E-state index is 2.28. The fourth-order valence-electron chi connectivity index (χ4n) is 0.903. The van der Waals surface area contributed by atoms with Gasteiger partial charge in [0.2, 0.25) is 0 Å². The van der Waals surface area contributed by atoms with Crippen LogP contribution in [-0.2, 0) is 0 Å². The second kappa shape index (κ2) is 1.83. The Balaban J connectivity index is 2.33. The van der Waals surface area contributed by atoms with Gasteiger partial charge in [-0.2, -0.15) is 0 Å². The van der Waals surface area contributed by atoms with Crippen molar-refractivity contribution in [1.29, 1.82) is 0 Å². The molecule has 1 heteroatoms. The molecule has 1 heterocycles. The van der Waals surface area contributed by atoms with Crippen LogP contribution in [0.3, 0.4) is 0 Å². The van der Waals surface area contributed by atoms with Gasteiger partial charge in [-0.3, -0.25) is 4.90 Å². The fraction of sp³-hybridized carbons (Fsp3) is 0.833. The average Bonchev–Trinajstić information content (AvgIpc) is 1.91. The Morgan fingerprint density at radius 2 is 2.43 bits per heavy atom. The Bertz CT molecular complexity index is 53.2. The first kappa shape index (κ1) is 5.10. The van der Waals surface area contributed by atoms with Crippen molar-refractivity contribution in [3.05, 3.63) is 6.54 Å². The van der Waals surface area contributed by atoms with Gasteiger partial charge in [0.25, 0.3) is 0 Å². The molecule has 1 fully saturated rings. The lowest BCUT2D eigenvalue weighted by molar-refractivity contribution is 0.370. The molecule has 7 heavy (non-hydrogen) atoms. The molecule has 1 atom stereocenters. The van der Waals surface area contributed by atoms with Gasteiger partial charge in [-0.25, -0.2) is 0 Å². The summed E-state index contributed by atoms with van der Waals surface area (Å²) in [7, 11) is 2.14. The van der Waals surface area contributed by atoms with Crippen LogP contribution in [0.5, 0.6) is 0 Å². The molecule has 0 aromatic carbocycles. The average molecular weight is 98.2 g/mol. The molecule has 41 valence electrons. The molecular weight excluding hydrogens is 86.1 g/mol. The largest absolute Gasteiger partial charge is 0.299 e. The molecule has 1 aliphatic heterocycles. The van der Waals surface area contributed by atoms with Crippen LogP contribution >= 0.6 is 0 Å². The van der Waals surface area contributed by atoms with Crippen molar-refractivity contribution in [3.63, 3.8) is 0 Å². The highest BCUT2D eigenvalue weighted by Crippen LogP contribution is 2.16. The highest BCUT2D eigenvalue weighted by molar-refractivity contribution is 4.80. The van der Waals surface area contributed by atoms with E-state index in [2.05, 4.69) is 25.4 Å². The van der Waals surface area contributed by atoms with E-state index in [-0.39, 0.29) is 0 Å². The van der Waals surface area contributed by atoms with E-state index in [0.29, 0.717) is 0 Å². The molecule has 1 nitrogen and oxygen atoms in total. The summed E-state index contributed by atoms with van der Waals surface area (Å²) >= 11 is 0. The number of nitrogens with zero attached hydrogens (tertiary/aromatic N) is 1. The van der Waals surface area contributed by atoms with Crippen LogP contribution in [0, 0.1) is 6.54 Å². The molecule has 0 spiro atoms. The zero-order valence-corrected chi connectivity index (χ0v) is 5.02. The molecule has 0 amide bonds. The van der Waals surface area contributed by atoms with E-state index in [4.69, 9.17) is 0 Å². The van der Waals surface area contributed by atoms with E-state index >= 15 is 0 Å². The van der Waals surface area contributed by atoms with Gasteiger partial charge in [-0.05, 0) is 26.8 Å². The predicted octanol–water partition coefficient (Wildman–Crippen LogP) is 1.26. The number of hydrogen-bond donors (Lipinski definition) is 0. The van der Waals surface area contributed by atoms with E-state index in [1.54, 1.807) is 0 Å². The summed E-state index contributed by atoms with van der Waals surface area (Å²) < 4.78 is 0. The standard InChI is InChI=1S/C6H12N/c1-6-4-3-5-7(6)2/h5-6H,3-4H2,1-2H3. The van der Waals surface area contributed by atoms with Crippen LogP contribution in [0.15, 0.2) is 0 Å². The monoisotopic (exact) mass is 98.1 g/mol. The van der Waals surface area contributed by atoms with E-state index in [1.807, 2.05) is 0 Å². The molecule has 1 radical (unpaired) electrons. The van der Waals surface area contributed by atoms with Gasteiger partial charge in [0.05, 0.1) is 0 Å². The highest BCUT2D eigenvalue weighted by atomic mass is 15.1. The smallest absolute Gasteiger partial charge is 0.0251 e. The first-order chi connectivity index (χ1) is 3.30. The Morgan fingerprint density at radius 1 is 1.71 bits per heavy atom. The van der Waals surface area contributed by atoms with Crippen molar-refractivity contribution in [2.24, 2.45) is 0 Å². The van der Waals surface area contributed by atoms with E-state index < -0.39 is 0 Å². The molecule has 0 aromatic rings. The van der Waals surface area contributed by atoms with Crippen LogP contribution in [0.1, 0.15) is 19.8 Å². The first-order valence-electron chi connectivity index (χ1n) is 2.86. The van der Waals surface area contributed by atoms with Gasteiger partial charge in [0, 0.05) is 12.6 Å². The molecule has 0 aromatic heterocycles. The fourth-order valence-corrected chi connectivity index (χ4v) is 0.903. The summed E-state index contributed by atoms with van der Waals surface area (Å²) in [5.41, 5.74) is 0. The lowest BCUT2D eigenvalue weighted by Crippen LogP contribution is -2.17. The third kappa shape index (κ3) is 0.942. The van der Waals surface area contributed by atoms with Gasteiger partial charge < -0.3 is 0 Å². The van der Waals surface area contributed by atoms with Crippen LogP contribution in [-0.4, -0.2) is 18.0 Å². The number of likely N-dealkylation sites (tertiary alicyclic amines) is 1. The first-order valence-corrected chi connectivity index (χ1v) is 2.86. The third-order valence-electron chi connectivity index (χ3n) is 1.70. The molecule has 0 bridgehead atoms. The van der Waals surface area contributed by atoms with Crippen molar-refractivity contribution in [2.45, 2.75) is 25.8 Å². The summed E-state index contributed by atoms with van der Waals surface area (Å²) in [4.78, 5) is 2.28. The maximum Gasteiger partial charge on any atom is 0.0251 e. The summed E-state index contributed by atoms with van der Waals surface area (Å²) in [5, 5.41) is 0. The zero-order chi connectivity index (χ0) is 5.28. The molecule has 1 unspecified atom stereocenters. The predicted molar refractivity (Wildman–Crippen MR) is 30.8 cm³/mol. The minimum Gasteiger partial charge on any atom is -0.299 e. The lowest BCUT2D eigenvalue weighted by atomic mass is 10.3. The van der Waals surface area contributed by atoms with Gasteiger partial charge >= 0.3 is 0 Å². The minimum absolute atomic E-state index is 0.792. The third-order valence-corrected chi connectivity index (χ3v) is 1.70. The van der Waals surface area contributed by atoms with E-state index in [9.17, 15) is 0 Å². The zero-order valence-electron chi connectivity index (χ0n) is 5.02. The lowest BCUT2D eigenvalue weighted by Gasteiger charge is -2.11. The minimum atomic E-state index is 0.792. The van der Waals surface area contributed by atoms with Crippen molar-refractivity contribution >= 4 is 0 Å². The topological polar surface area (TPSA) is 3.24 Å². The molecular formula is C6H12N. The number of hydrogen-bond acceptors (Lipinski definition) is 1. The summed E-state index contributed by atoms with van der Waals surface area (Å²) in [6.45, 7) is 4.51. The van der Waals surface area contributed by atoms with Crippen LogP contribution < -0.4 is 0 Å². The molecule has 0 N–H and O–H groups in total. The molecule has 1 rings (SSSR count). The summed E-state index contributed by atoms with van der Waals surface area (Å²) in [6, 6.07) is 0.792. The van der Waals surface area contributed by atoms with Gasteiger partial charge in [0.1, 0.15) is 0 Å². The number of rotatable bonds is 0. The van der Waals surface area contributed by atoms with Crippen molar-refractivity contribution in [1.82, 2.24) is 4.90 Å². The van der Waals surface area contributed by atoms with Crippen LogP contribution in [0.25, 0.3) is 0 Å². The second-order valence-electron chi connectivity index (χ2n) is 2.27. The molecule has 1 aliphatic rings.